The van der Waals surface area contributed by atoms with Crippen molar-refractivity contribution in [2.45, 2.75) is 31.9 Å². The number of hydrogen-bond donors (Lipinski definition) is 2. The van der Waals surface area contributed by atoms with Gasteiger partial charge in [-0.3, -0.25) is 9.80 Å². The van der Waals surface area contributed by atoms with Gasteiger partial charge in [-0.2, -0.15) is 0 Å². The largest absolute Gasteiger partial charge is 0.389 e. The first kappa shape index (κ1) is 15.2. The molecule has 2 aliphatic rings. The molecule has 2 heterocycles. The van der Waals surface area contributed by atoms with Gasteiger partial charge in [0.05, 0.1) is 12.7 Å². The lowest BCUT2D eigenvalue weighted by molar-refractivity contribution is -0.0272. The van der Waals surface area contributed by atoms with Crippen molar-refractivity contribution in [2.24, 2.45) is 0 Å². The summed E-state index contributed by atoms with van der Waals surface area (Å²) in [6, 6.07) is 0.704. The van der Waals surface area contributed by atoms with Gasteiger partial charge in [0.15, 0.2) is 0 Å². The van der Waals surface area contributed by atoms with Gasteiger partial charge in [-0.1, -0.05) is 13.3 Å². The normalized spacial score (nSPS) is 24.3. The number of aliphatic hydroxyl groups excluding tert-OH is 1. The Morgan fingerprint density at radius 1 is 1.32 bits per heavy atom. The van der Waals surface area contributed by atoms with Crippen molar-refractivity contribution >= 4 is 0 Å². The molecule has 5 nitrogen and oxygen atoms in total. The lowest BCUT2D eigenvalue weighted by atomic mass is 10.1. The average molecular weight is 271 g/mol. The first-order valence-corrected chi connectivity index (χ1v) is 7.72. The van der Waals surface area contributed by atoms with Crippen LogP contribution in [0.5, 0.6) is 0 Å². The highest BCUT2D eigenvalue weighted by atomic mass is 16.5. The summed E-state index contributed by atoms with van der Waals surface area (Å²) in [6.07, 6.45) is 1.90. The fraction of sp³-hybridized carbons (Fsp3) is 1.00. The van der Waals surface area contributed by atoms with Crippen LogP contribution < -0.4 is 5.32 Å². The molecule has 1 unspecified atom stereocenters. The zero-order chi connectivity index (χ0) is 13.5. The highest BCUT2D eigenvalue weighted by Crippen LogP contribution is 2.15. The van der Waals surface area contributed by atoms with Crippen molar-refractivity contribution in [1.29, 1.82) is 0 Å². The van der Waals surface area contributed by atoms with E-state index in [-0.39, 0.29) is 6.10 Å². The number of nitrogens with one attached hydrogen (secondary N) is 1. The maximum Gasteiger partial charge on any atom is 0.0900 e. The van der Waals surface area contributed by atoms with Crippen molar-refractivity contribution in [3.05, 3.63) is 0 Å². The van der Waals surface area contributed by atoms with Gasteiger partial charge >= 0.3 is 0 Å². The molecule has 0 radical (unpaired) electrons. The Morgan fingerprint density at radius 2 is 2.05 bits per heavy atom. The van der Waals surface area contributed by atoms with Crippen molar-refractivity contribution < 1.29 is 9.84 Å². The third-order valence-electron chi connectivity index (χ3n) is 4.03. The van der Waals surface area contributed by atoms with Crippen LogP contribution in [0.1, 0.15) is 19.8 Å². The van der Waals surface area contributed by atoms with Crippen LogP contribution in [-0.2, 0) is 4.74 Å². The summed E-state index contributed by atoms with van der Waals surface area (Å²) < 4.78 is 5.45. The Bertz CT molecular complexity index is 241. The molecule has 2 rings (SSSR count). The summed E-state index contributed by atoms with van der Waals surface area (Å²) in [5.74, 6) is 0. The standard InChI is InChI=1S/C14H29N3O2/c1-2-3-8-19-12-14(18)11-16-9-13(10-16)17-6-4-15-5-7-17/h13-15,18H,2-12H2,1H3. The van der Waals surface area contributed by atoms with Crippen LogP contribution in [-0.4, -0.2) is 86.1 Å². The highest BCUT2D eigenvalue weighted by molar-refractivity contribution is 4.90. The number of aliphatic hydroxyl groups is 1. The summed E-state index contributed by atoms with van der Waals surface area (Å²) in [4.78, 5) is 4.90. The van der Waals surface area contributed by atoms with E-state index in [0.29, 0.717) is 12.6 Å². The predicted octanol–water partition coefficient (Wildman–Crippen LogP) is -0.247. The fourth-order valence-electron chi connectivity index (χ4n) is 2.79. The number of piperazine rings is 1. The van der Waals surface area contributed by atoms with Crippen molar-refractivity contribution in [1.82, 2.24) is 15.1 Å². The molecule has 0 aromatic carbocycles. The first-order valence-electron chi connectivity index (χ1n) is 7.72. The monoisotopic (exact) mass is 271 g/mol. The van der Waals surface area contributed by atoms with Gasteiger partial charge in [0.1, 0.15) is 0 Å². The predicted molar refractivity (Wildman–Crippen MR) is 76.4 cm³/mol. The van der Waals surface area contributed by atoms with Crippen LogP contribution in [0.15, 0.2) is 0 Å². The molecule has 2 aliphatic heterocycles. The number of likely N-dealkylation sites (tertiary alicyclic amines) is 1. The maximum atomic E-state index is 9.89. The molecule has 0 aliphatic carbocycles. The van der Waals surface area contributed by atoms with Crippen molar-refractivity contribution in [3.8, 4) is 0 Å². The molecule has 1 atom stereocenters. The molecule has 2 N–H and O–H groups in total. The molecule has 0 amide bonds. The topological polar surface area (TPSA) is 48.0 Å². The molecule has 2 saturated heterocycles. The van der Waals surface area contributed by atoms with E-state index in [0.717, 1.165) is 52.2 Å². The van der Waals surface area contributed by atoms with E-state index >= 15 is 0 Å². The Hall–Kier alpha value is -0.200. The second-order valence-electron chi connectivity index (χ2n) is 5.74. The van der Waals surface area contributed by atoms with Gasteiger partial charge in [-0.25, -0.2) is 0 Å². The Kier molecular flexibility index (Phi) is 6.53. The zero-order valence-electron chi connectivity index (χ0n) is 12.2. The Balaban J connectivity index is 1.51. The number of ether oxygens (including phenoxy) is 1. The summed E-state index contributed by atoms with van der Waals surface area (Å²) in [6.45, 7) is 10.9. The average Bonchev–Trinajstić information content (AvgIpc) is 2.39. The van der Waals surface area contributed by atoms with E-state index in [9.17, 15) is 5.11 Å². The quantitative estimate of drug-likeness (QED) is 0.596. The number of β-amino-alcohol motifs (C(OH)–C–C–N with tert-alkyl or cyclic N) is 1. The van der Waals surface area contributed by atoms with E-state index in [1.807, 2.05) is 0 Å². The maximum absolute atomic E-state index is 9.89. The molecule has 112 valence electrons. The molecule has 0 spiro atoms. The SMILES string of the molecule is CCCCOCC(O)CN1CC(N2CCNCC2)C1. The van der Waals surface area contributed by atoms with E-state index < -0.39 is 0 Å². The van der Waals surface area contributed by atoms with E-state index in [1.54, 1.807) is 0 Å². The third kappa shape index (κ3) is 5.00. The molecule has 0 bridgehead atoms. The second-order valence-corrected chi connectivity index (χ2v) is 5.74. The Labute approximate surface area is 116 Å². The minimum absolute atomic E-state index is 0.333. The lowest BCUT2D eigenvalue weighted by Crippen LogP contribution is -2.63. The highest BCUT2D eigenvalue weighted by Gasteiger charge is 2.32. The zero-order valence-corrected chi connectivity index (χ0v) is 12.2. The van der Waals surface area contributed by atoms with Crippen LogP contribution in [0.3, 0.4) is 0 Å². The smallest absolute Gasteiger partial charge is 0.0900 e. The molecule has 19 heavy (non-hydrogen) atoms. The van der Waals surface area contributed by atoms with E-state index in [4.69, 9.17) is 4.74 Å². The van der Waals surface area contributed by atoms with Crippen LogP contribution in [0.25, 0.3) is 0 Å². The molecule has 0 saturated carbocycles. The molecule has 0 aromatic heterocycles. The van der Waals surface area contributed by atoms with Crippen LogP contribution in [0.2, 0.25) is 0 Å². The minimum Gasteiger partial charge on any atom is -0.389 e. The number of hydrogen-bond acceptors (Lipinski definition) is 5. The number of nitrogens with zero attached hydrogens (tertiary/aromatic N) is 2. The van der Waals surface area contributed by atoms with Crippen LogP contribution in [0.4, 0.5) is 0 Å². The van der Waals surface area contributed by atoms with Gasteiger partial charge in [0.2, 0.25) is 0 Å². The van der Waals surface area contributed by atoms with Crippen molar-refractivity contribution in [3.63, 3.8) is 0 Å². The van der Waals surface area contributed by atoms with Gasteiger partial charge < -0.3 is 15.2 Å². The number of rotatable bonds is 8. The molecular weight excluding hydrogens is 242 g/mol. The summed E-state index contributed by atoms with van der Waals surface area (Å²) in [7, 11) is 0. The van der Waals surface area contributed by atoms with E-state index in [1.165, 1.54) is 13.1 Å². The summed E-state index contributed by atoms with van der Waals surface area (Å²) >= 11 is 0. The molecular formula is C14H29N3O2. The second kappa shape index (κ2) is 8.17. The molecule has 5 heteroatoms. The lowest BCUT2D eigenvalue weighted by Gasteiger charge is -2.47. The summed E-state index contributed by atoms with van der Waals surface area (Å²) in [5, 5.41) is 13.3. The first-order chi connectivity index (χ1) is 9.29. The van der Waals surface area contributed by atoms with Crippen LogP contribution in [0, 0.1) is 0 Å². The molecule has 0 aromatic rings. The van der Waals surface area contributed by atoms with E-state index in [2.05, 4.69) is 22.0 Å². The van der Waals surface area contributed by atoms with Gasteiger partial charge in [0.25, 0.3) is 0 Å². The Morgan fingerprint density at radius 3 is 2.74 bits per heavy atom. The fourth-order valence-corrected chi connectivity index (χ4v) is 2.79. The third-order valence-corrected chi connectivity index (χ3v) is 4.03. The van der Waals surface area contributed by atoms with Gasteiger partial charge in [-0.05, 0) is 6.42 Å². The van der Waals surface area contributed by atoms with Crippen LogP contribution >= 0.6 is 0 Å². The van der Waals surface area contributed by atoms with Crippen molar-refractivity contribution in [2.75, 3.05) is 59.0 Å². The number of unbranched alkanes of at least 4 members (excludes halogenated alkanes) is 1. The van der Waals surface area contributed by atoms with Gasteiger partial charge in [0, 0.05) is 58.5 Å². The van der Waals surface area contributed by atoms with Gasteiger partial charge in [-0.15, -0.1) is 0 Å². The molecule has 2 fully saturated rings. The minimum atomic E-state index is -0.333. The summed E-state index contributed by atoms with van der Waals surface area (Å²) in [5.41, 5.74) is 0.